The van der Waals surface area contributed by atoms with E-state index >= 15 is 0 Å². The van der Waals surface area contributed by atoms with Crippen LogP contribution in [0.3, 0.4) is 0 Å². The van der Waals surface area contributed by atoms with E-state index in [1.54, 1.807) is 30.0 Å². The molecule has 0 unspecified atom stereocenters. The maximum absolute atomic E-state index is 13.3. The van der Waals surface area contributed by atoms with E-state index in [1.165, 1.54) is 29.5 Å². The van der Waals surface area contributed by atoms with Gasteiger partial charge in [0, 0.05) is 36.7 Å². The first-order chi connectivity index (χ1) is 13.0. The number of carbonyl (C=O) groups excluding carboxylic acids is 1. The number of carbonyl (C=O) groups is 1. The van der Waals surface area contributed by atoms with Gasteiger partial charge < -0.3 is 14.1 Å². The van der Waals surface area contributed by atoms with Crippen LogP contribution in [0, 0.1) is 12.7 Å². The van der Waals surface area contributed by atoms with Crippen molar-refractivity contribution in [2.75, 3.05) is 13.1 Å². The van der Waals surface area contributed by atoms with Crippen LogP contribution in [0.15, 0.2) is 45.6 Å². The Morgan fingerprint density at radius 3 is 2.74 bits per heavy atom. The molecule has 0 N–H and O–H groups in total. The quantitative estimate of drug-likeness (QED) is 0.682. The number of amides is 1. The highest BCUT2D eigenvalue weighted by Gasteiger charge is 2.26. The van der Waals surface area contributed by atoms with Crippen LogP contribution >= 0.6 is 11.3 Å². The molecule has 0 saturated carbocycles. The topological polar surface area (TPSA) is 59.8 Å². The van der Waals surface area contributed by atoms with Crippen molar-refractivity contribution in [1.29, 1.82) is 0 Å². The van der Waals surface area contributed by atoms with Gasteiger partial charge in [0.1, 0.15) is 23.4 Å². The second-order valence-corrected chi connectivity index (χ2v) is 7.71. The van der Waals surface area contributed by atoms with Crippen LogP contribution in [0.25, 0.3) is 10.1 Å². The number of piperidine rings is 1. The van der Waals surface area contributed by atoms with Crippen molar-refractivity contribution in [2.24, 2.45) is 0 Å². The number of thiophene rings is 1. The van der Waals surface area contributed by atoms with Gasteiger partial charge in [-0.3, -0.25) is 4.79 Å². The van der Waals surface area contributed by atoms with Gasteiger partial charge in [-0.2, -0.15) is 0 Å². The fourth-order valence-electron chi connectivity index (χ4n) is 3.29. The standard InChI is InChI=1S/C20H18FNO4S/c1-12-8-16(11-19(23)25-12)26-15-4-6-22(7-5-15)20(24)18-10-13-9-14(21)2-3-17(13)27-18/h2-3,8-11,15H,4-7H2,1H3. The molecule has 1 saturated heterocycles. The van der Waals surface area contributed by atoms with Gasteiger partial charge in [0.15, 0.2) is 0 Å². The molecule has 7 heteroatoms. The summed E-state index contributed by atoms with van der Waals surface area (Å²) in [6, 6.07) is 9.32. The number of hydrogen-bond donors (Lipinski definition) is 0. The molecule has 3 heterocycles. The summed E-state index contributed by atoms with van der Waals surface area (Å²) in [5.41, 5.74) is -0.432. The molecule has 1 aliphatic rings. The maximum Gasteiger partial charge on any atom is 0.339 e. The third-order valence-electron chi connectivity index (χ3n) is 4.59. The Kier molecular flexibility index (Phi) is 4.70. The van der Waals surface area contributed by atoms with E-state index in [4.69, 9.17) is 9.15 Å². The van der Waals surface area contributed by atoms with Crippen molar-refractivity contribution >= 4 is 27.3 Å². The molecule has 3 aromatic rings. The highest BCUT2D eigenvalue weighted by molar-refractivity contribution is 7.20. The van der Waals surface area contributed by atoms with E-state index in [2.05, 4.69) is 0 Å². The normalized spacial score (nSPS) is 15.3. The lowest BCUT2D eigenvalue weighted by molar-refractivity contribution is 0.0599. The van der Waals surface area contributed by atoms with Crippen molar-refractivity contribution in [3.63, 3.8) is 0 Å². The summed E-state index contributed by atoms with van der Waals surface area (Å²) in [5, 5.41) is 0.750. The summed E-state index contributed by atoms with van der Waals surface area (Å²) in [7, 11) is 0. The second kappa shape index (κ2) is 7.15. The van der Waals surface area contributed by atoms with Gasteiger partial charge in [-0.05, 0) is 36.6 Å². The molecule has 0 radical (unpaired) electrons. The van der Waals surface area contributed by atoms with E-state index in [9.17, 15) is 14.0 Å². The van der Waals surface area contributed by atoms with E-state index < -0.39 is 5.63 Å². The average molecular weight is 387 g/mol. The van der Waals surface area contributed by atoms with Gasteiger partial charge in [-0.15, -0.1) is 11.3 Å². The number of nitrogens with zero attached hydrogens (tertiary/aromatic N) is 1. The van der Waals surface area contributed by atoms with Gasteiger partial charge in [-0.1, -0.05) is 0 Å². The monoisotopic (exact) mass is 387 g/mol. The van der Waals surface area contributed by atoms with Crippen LogP contribution in [0.1, 0.15) is 28.3 Å². The average Bonchev–Trinajstić information content (AvgIpc) is 3.04. The Balaban J connectivity index is 1.40. The lowest BCUT2D eigenvalue weighted by Crippen LogP contribution is -2.41. The zero-order valence-electron chi connectivity index (χ0n) is 14.7. The first-order valence-electron chi connectivity index (χ1n) is 8.75. The van der Waals surface area contributed by atoms with Gasteiger partial charge in [0.2, 0.25) is 0 Å². The van der Waals surface area contributed by atoms with Crippen molar-refractivity contribution in [1.82, 2.24) is 4.90 Å². The minimum atomic E-state index is -0.432. The summed E-state index contributed by atoms with van der Waals surface area (Å²) in [5.74, 6) is 0.667. The lowest BCUT2D eigenvalue weighted by Gasteiger charge is -2.31. The lowest BCUT2D eigenvalue weighted by atomic mass is 10.1. The minimum Gasteiger partial charge on any atom is -0.490 e. The van der Waals surface area contributed by atoms with Crippen LogP contribution in [0.2, 0.25) is 0 Å². The molecule has 0 bridgehead atoms. The van der Waals surface area contributed by atoms with Crippen LogP contribution in [0.4, 0.5) is 4.39 Å². The minimum absolute atomic E-state index is 0.0359. The molecule has 2 aromatic heterocycles. The summed E-state index contributed by atoms with van der Waals surface area (Å²) < 4.78 is 25.0. The summed E-state index contributed by atoms with van der Waals surface area (Å²) in [6.07, 6.45) is 1.32. The Morgan fingerprint density at radius 1 is 1.22 bits per heavy atom. The first kappa shape index (κ1) is 17.7. The number of fused-ring (bicyclic) bond motifs is 1. The van der Waals surface area contributed by atoms with Crippen LogP contribution < -0.4 is 10.4 Å². The number of rotatable bonds is 3. The summed E-state index contributed by atoms with van der Waals surface area (Å²) in [4.78, 5) is 26.6. The largest absolute Gasteiger partial charge is 0.490 e. The maximum atomic E-state index is 13.3. The van der Waals surface area contributed by atoms with Crippen molar-refractivity contribution < 1.29 is 18.3 Å². The predicted octanol–water partition coefficient (Wildman–Crippen LogP) is 3.99. The van der Waals surface area contributed by atoms with Crippen LogP contribution in [0.5, 0.6) is 5.75 Å². The molecule has 0 atom stereocenters. The summed E-state index contributed by atoms with van der Waals surface area (Å²) in [6.45, 7) is 2.85. The molecule has 140 valence electrons. The number of benzene rings is 1. The van der Waals surface area contributed by atoms with Crippen molar-refractivity contribution in [3.05, 3.63) is 63.3 Å². The van der Waals surface area contributed by atoms with Gasteiger partial charge in [0.25, 0.3) is 5.91 Å². The number of ether oxygens (including phenoxy) is 1. The Bertz CT molecular complexity index is 1050. The third-order valence-corrected chi connectivity index (χ3v) is 5.69. The highest BCUT2D eigenvalue weighted by atomic mass is 32.1. The van der Waals surface area contributed by atoms with Crippen molar-refractivity contribution in [3.8, 4) is 5.75 Å². The van der Waals surface area contributed by atoms with E-state index in [0.717, 1.165) is 10.1 Å². The van der Waals surface area contributed by atoms with Crippen LogP contribution in [-0.2, 0) is 0 Å². The highest BCUT2D eigenvalue weighted by Crippen LogP contribution is 2.28. The van der Waals surface area contributed by atoms with Crippen LogP contribution in [-0.4, -0.2) is 30.0 Å². The molecule has 1 aromatic carbocycles. The fourth-order valence-corrected chi connectivity index (χ4v) is 4.30. The Labute approximate surface area is 159 Å². The molecular formula is C20H18FNO4S. The number of halogens is 1. The molecule has 1 fully saturated rings. The smallest absolute Gasteiger partial charge is 0.339 e. The van der Waals surface area contributed by atoms with Gasteiger partial charge >= 0.3 is 5.63 Å². The molecule has 0 spiro atoms. The third kappa shape index (κ3) is 3.88. The number of likely N-dealkylation sites (tertiary alicyclic amines) is 1. The molecule has 27 heavy (non-hydrogen) atoms. The molecular weight excluding hydrogens is 369 g/mol. The zero-order valence-corrected chi connectivity index (χ0v) is 15.6. The van der Waals surface area contributed by atoms with E-state index in [0.29, 0.717) is 42.3 Å². The Morgan fingerprint density at radius 2 is 2.00 bits per heavy atom. The molecule has 4 rings (SSSR count). The SMILES string of the molecule is Cc1cc(OC2CCN(C(=O)c3cc4cc(F)ccc4s3)CC2)cc(=O)o1. The predicted molar refractivity (Wildman–Crippen MR) is 101 cm³/mol. The first-order valence-corrected chi connectivity index (χ1v) is 9.56. The summed E-state index contributed by atoms with van der Waals surface area (Å²) >= 11 is 1.38. The van der Waals surface area contributed by atoms with Gasteiger partial charge in [-0.25, -0.2) is 9.18 Å². The Hall–Kier alpha value is -2.67. The zero-order chi connectivity index (χ0) is 19.0. The second-order valence-electron chi connectivity index (χ2n) is 6.63. The van der Waals surface area contributed by atoms with Gasteiger partial charge in [0.05, 0.1) is 10.9 Å². The van der Waals surface area contributed by atoms with E-state index in [-0.39, 0.29) is 17.8 Å². The van der Waals surface area contributed by atoms with E-state index in [1.807, 2.05) is 0 Å². The molecule has 1 aliphatic heterocycles. The molecule has 5 nitrogen and oxygen atoms in total. The number of aryl methyl sites for hydroxylation is 1. The molecule has 0 aliphatic carbocycles. The van der Waals surface area contributed by atoms with Crippen molar-refractivity contribution in [2.45, 2.75) is 25.9 Å². The number of hydrogen-bond acceptors (Lipinski definition) is 5. The fraction of sp³-hybridized carbons (Fsp3) is 0.300. The molecule has 1 amide bonds.